The molecule has 2 saturated heterocycles. The molecule has 1 spiro atoms. The van der Waals surface area contributed by atoms with E-state index >= 15 is 0 Å². The van der Waals surface area contributed by atoms with Gasteiger partial charge >= 0.3 is 0 Å². The normalized spacial score (nSPS) is 34.8. The van der Waals surface area contributed by atoms with Gasteiger partial charge in [0.25, 0.3) is 0 Å². The van der Waals surface area contributed by atoms with Crippen molar-refractivity contribution in [3.05, 3.63) is 0 Å². The lowest BCUT2D eigenvalue weighted by atomic mass is 9.46. The van der Waals surface area contributed by atoms with Gasteiger partial charge in [-0.1, -0.05) is 20.3 Å². The Labute approximate surface area is 153 Å². The van der Waals surface area contributed by atoms with Crippen LogP contribution in [0.25, 0.3) is 0 Å². The Bertz CT molecular complexity index is 494. The zero-order valence-electron chi connectivity index (χ0n) is 16.3. The van der Waals surface area contributed by atoms with Crippen molar-refractivity contribution in [2.75, 3.05) is 45.9 Å². The molecule has 1 N–H and O–H groups in total. The average molecular weight is 349 g/mol. The molecule has 3 atom stereocenters. The van der Waals surface area contributed by atoms with Crippen molar-refractivity contribution in [2.45, 2.75) is 58.6 Å². The fourth-order valence-corrected chi connectivity index (χ4v) is 5.64. The van der Waals surface area contributed by atoms with Crippen LogP contribution in [0, 0.1) is 17.3 Å². The Hall–Kier alpha value is -0.810. The van der Waals surface area contributed by atoms with Gasteiger partial charge < -0.3 is 15.0 Å². The largest absolute Gasteiger partial charge is 0.377 e. The van der Waals surface area contributed by atoms with Gasteiger partial charge in [0.2, 0.25) is 0 Å². The van der Waals surface area contributed by atoms with E-state index in [1.54, 1.807) is 0 Å². The van der Waals surface area contributed by atoms with E-state index in [4.69, 9.17) is 9.73 Å². The average Bonchev–Trinajstić information content (AvgIpc) is 2.95. The monoisotopic (exact) mass is 348 g/mol. The zero-order chi connectivity index (χ0) is 17.4. The fraction of sp³-hybridized carbons (Fsp3) is 0.950. The SMILES string of the molecule is CCN=C(NC1C2CCOC2C12CCC2)N1CCN(CC(C)C)CC1. The molecule has 2 aliphatic heterocycles. The molecule has 0 aromatic heterocycles. The molecule has 4 aliphatic rings. The second-order valence-corrected chi connectivity index (χ2v) is 8.93. The van der Waals surface area contributed by atoms with Gasteiger partial charge in [-0.05, 0) is 32.1 Å². The molecule has 0 radical (unpaired) electrons. The quantitative estimate of drug-likeness (QED) is 0.624. The highest BCUT2D eigenvalue weighted by Gasteiger charge is 2.66. The van der Waals surface area contributed by atoms with Gasteiger partial charge in [-0.2, -0.15) is 0 Å². The summed E-state index contributed by atoms with van der Waals surface area (Å²) >= 11 is 0. The first kappa shape index (κ1) is 17.6. The number of nitrogens with zero attached hydrogens (tertiary/aromatic N) is 3. The van der Waals surface area contributed by atoms with Crippen LogP contribution in [0.3, 0.4) is 0 Å². The van der Waals surface area contributed by atoms with Gasteiger partial charge in [0.1, 0.15) is 0 Å². The van der Waals surface area contributed by atoms with Gasteiger partial charge in [0, 0.05) is 63.3 Å². The third-order valence-corrected chi connectivity index (χ3v) is 6.92. The Morgan fingerprint density at radius 3 is 2.60 bits per heavy atom. The van der Waals surface area contributed by atoms with Crippen LogP contribution >= 0.6 is 0 Å². The van der Waals surface area contributed by atoms with E-state index in [1.165, 1.54) is 32.2 Å². The van der Waals surface area contributed by atoms with E-state index < -0.39 is 0 Å². The number of guanidine groups is 1. The number of ether oxygens (including phenoxy) is 1. The second-order valence-electron chi connectivity index (χ2n) is 8.93. The van der Waals surface area contributed by atoms with Crippen LogP contribution in [0.1, 0.15) is 46.5 Å². The minimum Gasteiger partial charge on any atom is -0.377 e. The topological polar surface area (TPSA) is 40.1 Å². The van der Waals surface area contributed by atoms with Crippen molar-refractivity contribution in [3.63, 3.8) is 0 Å². The highest BCUT2D eigenvalue weighted by Crippen LogP contribution is 2.62. The van der Waals surface area contributed by atoms with Crippen molar-refractivity contribution in [2.24, 2.45) is 22.2 Å². The van der Waals surface area contributed by atoms with Crippen molar-refractivity contribution >= 4 is 5.96 Å². The Kier molecular flexibility index (Phi) is 4.98. The summed E-state index contributed by atoms with van der Waals surface area (Å²) in [7, 11) is 0. The molecule has 0 bridgehead atoms. The minimum atomic E-state index is 0.426. The number of nitrogens with one attached hydrogen (secondary N) is 1. The van der Waals surface area contributed by atoms with Gasteiger partial charge in [-0.3, -0.25) is 9.89 Å². The molecule has 4 fully saturated rings. The van der Waals surface area contributed by atoms with E-state index in [9.17, 15) is 0 Å². The van der Waals surface area contributed by atoms with Crippen LogP contribution in [-0.4, -0.2) is 73.8 Å². The Morgan fingerprint density at radius 2 is 2.00 bits per heavy atom. The second kappa shape index (κ2) is 7.07. The molecule has 142 valence electrons. The molecule has 5 heteroatoms. The molecule has 4 rings (SSSR count). The number of hydrogen-bond acceptors (Lipinski definition) is 3. The van der Waals surface area contributed by atoms with Gasteiger partial charge in [-0.25, -0.2) is 0 Å². The van der Waals surface area contributed by atoms with Gasteiger partial charge in [0.05, 0.1) is 6.10 Å². The summed E-state index contributed by atoms with van der Waals surface area (Å²) in [5, 5.41) is 3.92. The van der Waals surface area contributed by atoms with Crippen LogP contribution in [0.15, 0.2) is 4.99 Å². The summed E-state index contributed by atoms with van der Waals surface area (Å²) < 4.78 is 6.08. The number of piperazine rings is 1. The smallest absolute Gasteiger partial charge is 0.194 e. The molecular formula is C20H36N4O. The lowest BCUT2D eigenvalue weighted by Crippen LogP contribution is -2.73. The molecule has 0 aromatic rings. The molecular weight excluding hydrogens is 312 g/mol. The standard InChI is InChI=1S/C20H36N4O/c1-4-21-19(24-11-9-23(10-12-24)14-15(2)3)22-17-16-6-13-25-18(16)20(17)7-5-8-20/h15-18H,4-14H2,1-3H3,(H,21,22). The Morgan fingerprint density at radius 1 is 1.24 bits per heavy atom. The maximum absolute atomic E-state index is 6.08. The number of hydrogen-bond donors (Lipinski definition) is 1. The molecule has 5 nitrogen and oxygen atoms in total. The maximum Gasteiger partial charge on any atom is 0.194 e. The predicted octanol–water partition coefficient (Wildman–Crippen LogP) is 2.18. The summed E-state index contributed by atoms with van der Waals surface area (Å²) in [6.45, 7) is 14.3. The van der Waals surface area contributed by atoms with E-state index in [0.29, 0.717) is 23.5 Å². The molecule has 0 amide bonds. The van der Waals surface area contributed by atoms with Gasteiger partial charge in [0.15, 0.2) is 5.96 Å². The summed E-state index contributed by atoms with van der Waals surface area (Å²) in [5.74, 6) is 2.62. The highest BCUT2D eigenvalue weighted by atomic mass is 16.5. The third-order valence-electron chi connectivity index (χ3n) is 6.92. The van der Waals surface area contributed by atoms with Crippen molar-refractivity contribution in [1.29, 1.82) is 0 Å². The van der Waals surface area contributed by atoms with E-state index in [2.05, 4.69) is 35.9 Å². The number of rotatable bonds is 4. The van der Waals surface area contributed by atoms with Crippen molar-refractivity contribution < 1.29 is 4.74 Å². The number of aliphatic imine (C=N–C) groups is 1. The molecule has 25 heavy (non-hydrogen) atoms. The lowest BCUT2D eigenvalue weighted by molar-refractivity contribution is -0.171. The van der Waals surface area contributed by atoms with E-state index in [-0.39, 0.29) is 0 Å². The third kappa shape index (κ3) is 3.08. The first-order chi connectivity index (χ1) is 12.1. The Balaban J connectivity index is 1.38. The van der Waals surface area contributed by atoms with Gasteiger partial charge in [-0.15, -0.1) is 0 Å². The van der Waals surface area contributed by atoms with Crippen LogP contribution in [0.4, 0.5) is 0 Å². The summed E-state index contributed by atoms with van der Waals surface area (Å²) in [6.07, 6.45) is 5.82. The predicted molar refractivity (Wildman–Crippen MR) is 102 cm³/mol. The van der Waals surface area contributed by atoms with Crippen molar-refractivity contribution in [3.8, 4) is 0 Å². The zero-order valence-corrected chi connectivity index (χ0v) is 16.3. The molecule has 0 aromatic carbocycles. The van der Waals surface area contributed by atoms with E-state index in [1.807, 2.05) is 0 Å². The van der Waals surface area contributed by atoms with Crippen LogP contribution in [0.2, 0.25) is 0 Å². The summed E-state index contributed by atoms with van der Waals surface area (Å²) in [6, 6.07) is 0.591. The van der Waals surface area contributed by atoms with E-state index in [0.717, 1.165) is 51.2 Å². The highest BCUT2D eigenvalue weighted by molar-refractivity contribution is 5.81. The molecule has 3 unspecified atom stereocenters. The minimum absolute atomic E-state index is 0.426. The first-order valence-electron chi connectivity index (χ1n) is 10.5. The summed E-state index contributed by atoms with van der Waals surface area (Å²) in [5.41, 5.74) is 0.426. The maximum atomic E-state index is 6.08. The first-order valence-corrected chi connectivity index (χ1v) is 10.5. The van der Waals surface area contributed by atoms with Crippen molar-refractivity contribution in [1.82, 2.24) is 15.1 Å². The summed E-state index contributed by atoms with van der Waals surface area (Å²) in [4.78, 5) is 9.96. The van der Waals surface area contributed by atoms with Crippen LogP contribution < -0.4 is 5.32 Å². The molecule has 2 heterocycles. The fourth-order valence-electron chi connectivity index (χ4n) is 5.64. The number of fused-ring (bicyclic) bond motifs is 2. The van der Waals surface area contributed by atoms with Crippen LogP contribution in [-0.2, 0) is 4.74 Å². The molecule has 2 saturated carbocycles. The lowest BCUT2D eigenvalue weighted by Gasteiger charge is -2.63. The van der Waals surface area contributed by atoms with Crippen LogP contribution in [0.5, 0.6) is 0 Å². The molecule has 2 aliphatic carbocycles.